The van der Waals surface area contributed by atoms with Crippen molar-refractivity contribution in [3.63, 3.8) is 0 Å². The summed E-state index contributed by atoms with van der Waals surface area (Å²) in [6.07, 6.45) is 0. The molecule has 0 radical (unpaired) electrons. The first-order chi connectivity index (χ1) is 14.3. The molecule has 2 heterocycles. The van der Waals surface area contributed by atoms with Crippen LogP contribution in [0.15, 0.2) is 54.6 Å². The van der Waals surface area contributed by atoms with Crippen molar-refractivity contribution in [1.82, 2.24) is 9.88 Å². The second kappa shape index (κ2) is 9.35. The highest BCUT2D eigenvalue weighted by Gasteiger charge is 2.19. The van der Waals surface area contributed by atoms with Gasteiger partial charge in [0.1, 0.15) is 5.82 Å². The molecule has 0 bridgehead atoms. The number of pyridine rings is 1. The number of hydrogen-bond acceptors (Lipinski definition) is 5. The number of nitrogens with zero attached hydrogens (tertiary/aromatic N) is 3. The Morgan fingerprint density at radius 2 is 1.76 bits per heavy atom. The van der Waals surface area contributed by atoms with Crippen molar-refractivity contribution >= 4 is 16.6 Å². The Balaban J connectivity index is 1.63. The predicted octanol–water partition coefficient (Wildman–Crippen LogP) is 3.55. The number of aromatic nitrogens is 1. The molecule has 1 N–H and O–H groups in total. The predicted molar refractivity (Wildman–Crippen MR) is 118 cm³/mol. The van der Waals surface area contributed by atoms with Crippen LogP contribution in [0.3, 0.4) is 0 Å². The van der Waals surface area contributed by atoms with Crippen LogP contribution in [0, 0.1) is 0 Å². The molecule has 0 unspecified atom stereocenters. The number of ether oxygens (including phenoxy) is 1. The summed E-state index contributed by atoms with van der Waals surface area (Å²) in [5.41, 5.74) is 3.20. The van der Waals surface area contributed by atoms with Gasteiger partial charge in [0.25, 0.3) is 0 Å². The van der Waals surface area contributed by atoms with Crippen LogP contribution in [-0.4, -0.2) is 60.9 Å². The minimum Gasteiger partial charge on any atom is -0.394 e. The molecule has 1 aromatic heterocycles. The summed E-state index contributed by atoms with van der Waals surface area (Å²) in [5, 5.41) is 11.3. The molecule has 29 heavy (non-hydrogen) atoms. The van der Waals surface area contributed by atoms with Crippen molar-refractivity contribution < 1.29 is 9.84 Å². The molecule has 4 rings (SSSR count). The van der Waals surface area contributed by atoms with Crippen LogP contribution in [0.5, 0.6) is 0 Å². The van der Waals surface area contributed by atoms with E-state index in [-0.39, 0.29) is 6.61 Å². The van der Waals surface area contributed by atoms with Crippen molar-refractivity contribution in [3.05, 3.63) is 60.2 Å². The van der Waals surface area contributed by atoms with Gasteiger partial charge in [0.15, 0.2) is 0 Å². The van der Waals surface area contributed by atoms with E-state index in [1.807, 2.05) is 0 Å². The molecule has 3 aromatic rings. The lowest BCUT2D eigenvalue weighted by atomic mass is 10.0. The highest BCUT2D eigenvalue weighted by Crippen LogP contribution is 2.30. The zero-order valence-electron chi connectivity index (χ0n) is 17.1. The third-order valence-electron chi connectivity index (χ3n) is 5.59. The molecule has 1 aliphatic rings. The van der Waals surface area contributed by atoms with Gasteiger partial charge in [-0.1, -0.05) is 55.5 Å². The van der Waals surface area contributed by atoms with Gasteiger partial charge in [-0.2, -0.15) is 0 Å². The van der Waals surface area contributed by atoms with E-state index in [1.165, 1.54) is 10.8 Å². The molecule has 0 amide bonds. The molecule has 2 aromatic carbocycles. The van der Waals surface area contributed by atoms with Crippen molar-refractivity contribution in [1.29, 1.82) is 0 Å². The summed E-state index contributed by atoms with van der Waals surface area (Å²) in [7, 11) is 0. The van der Waals surface area contributed by atoms with Crippen LogP contribution >= 0.6 is 0 Å². The van der Waals surface area contributed by atoms with Crippen LogP contribution in [0.4, 0.5) is 5.82 Å². The van der Waals surface area contributed by atoms with Crippen molar-refractivity contribution in [2.24, 2.45) is 0 Å². The number of hydrogen-bond donors (Lipinski definition) is 1. The Morgan fingerprint density at radius 1 is 1.00 bits per heavy atom. The van der Waals surface area contributed by atoms with E-state index in [4.69, 9.17) is 14.8 Å². The average molecular weight is 392 g/mol. The molecule has 1 saturated heterocycles. The molecule has 1 fully saturated rings. The largest absolute Gasteiger partial charge is 0.394 e. The molecule has 152 valence electrons. The molecular formula is C24H29N3O2. The molecule has 0 atom stereocenters. The van der Waals surface area contributed by atoms with Crippen LogP contribution in [-0.2, 0) is 11.3 Å². The number of piperazine rings is 1. The lowest BCUT2D eigenvalue weighted by Crippen LogP contribution is -2.46. The van der Waals surface area contributed by atoms with Gasteiger partial charge in [-0.15, -0.1) is 0 Å². The summed E-state index contributed by atoms with van der Waals surface area (Å²) in [6, 6.07) is 19.1. The van der Waals surface area contributed by atoms with E-state index in [1.54, 1.807) is 0 Å². The van der Waals surface area contributed by atoms with Crippen molar-refractivity contribution in [2.45, 2.75) is 13.5 Å². The lowest BCUT2D eigenvalue weighted by molar-refractivity contribution is 0.0815. The minimum absolute atomic E-state index is 0.0500. The SMILES string of the molecule is CCN1CCN(c2nc(-c3ccc(COCCO)cc3)cc3ccccc23)CC1. The Bertz CT molecular complexity index is 935. The van der Waals surface area contributed by atoms with E-state index < -0.39 is 0 Å². The maximum Gasteiger partial charge on any atom is 0.137 e. The maximum atomic E-state index is 8.85. The summed E-state index contributed by atoms with van der Waals surface area (Å²) in [5.74, 6) is 1.09. The Hall–Kier alpha value is -2.47. The highest BCUT2D eigenvalue weighted by atomic mass is 16.5. The van der Waals surface area contributed by atoms with E-state index in [0.29, 0.717) is 13.2 Å². The lowest BCUT2D eigenvalue weighted by Gasteiger charge is -2.35. The van der Waals surface area contributed by atoms with E-state index >= 15 is 0 Å². The summed E-state index contributed by atoms with van der Waals surface area (Å²) in [4.78, 5) is 10.0. The Labute approximate surface area is 172 Å². The van der Waals surface area contributed by atoms with Crippen LogP contribution in [0.1, 0.15) is 12.5 Å². The van der Waals surface area contributed by atoms with Gasteiger partial charge < -0.3 is 19.6 Å². The number of rotatable bonds is 7. The second-order valence-electron chi connectivity index (χ2n) is 7.45. The van der Waals surface area contributed by atoms with Crippen molar-refractivity contribution in [2.75, 3.05) is 50.8 Å². The Kier molecular flexibility index (Phi) is 6.39. The van der Waals surface area contributed by atoms with Gasteiger partial charge in [0, 0.05) is 37.1 Å². The van der Waals surface area contributed by atoms with E-state index in [0.717, 1.165) is 55.4 Å². The van der Waals surface area contributed by atoms with E-state index in [9.17, 15) is 0 Å². The Morgan fingerprint density at radius 3 is 2.48 bits per heavy atom. The van der Waals surface area contributed by atoms with Crippen LogP contribution < -0.4 is 4.90 Å². The fraction of sp³-hybridized carbons (Fsp3) is 0.375. The molecular weight excluding hydrogens is 362 g/mol. The van der Waals surface area contributed by atoms with Gasteiger partial charge >= 0.3 is 0 Å². The number of benzene rings is 2. The highest BCUT2D eigenvalue weighted by molar-refractivity contribution is 5.95. The van der Waals surface area contributed by atoms with Crippen LogP contribution in [0.2, 0.25) is 0 Å². The number of fused-ring (bicyclic) bond motifs is 1. The summed E-state index contributed by atoms with van der Waals surface area (Å²) >= 11 is 0. The first kappa shape index (κ1) is 19.8. The van der Waals surface area contributed by atoms with Crippen LogP contribution in [0.25, 0.3) is 22.0 Å². The molecule has 0 saturated carbocycles. The first-order valence-electron chi connectivity index (χ1n) is 10.4. The quantitative estimate of drug-likeness (QED) is 0.624. The first-order valence-corrected chi connectivity index (χ1v) is 10.4. The maximum absolute atomic E-state index is 8.85. The molecule has 0 spiro atoms. The normalized spacial score (nSPS) is 15.2. The number of likely N-dealkylation sites (N-methyl/N-ethyl adjacent to an activating group) is 1. The van der Waals surface area contributed by atoms with Gasteiger partial charge in [0.05, 0.1) is 25.5 Å². The fourth-order valence-electron chi connectivity index (χ4n) is 3.87. The summed E-state index contributed by atoms with van der Waals surface area (Å²) < 4.78 is 5.41. The van der Waals surface area contributed by atoms with E-state index in [2.05, 4.69) is 71.3 Å². The van der Waals surface area contributed by atoms with Gasteiger partial charge in [-0.25, -0.2) is 4.98 Å². The molecule has 0 aliphatic carbocycles. The number of aliphatic hydroxyl groups excluding tert-OH is 1. The smallest absolute Gasteiger partial charge is 0.137 e. The monoisotopic (exact) mass is 391 g/mol. The standard InChI is InChI=1S/C24H29N3O2/c1-2-26-11-13-27(14-12-26)24-22-6-4-3-5-21(22)17-23(25-24)20-9-7-19(8-10-20)18-29-16-15-28/h3-10,17,28H,2,11-16,18H2,1H3. The number of anilines is 1. The molecule has 5 nitrogen and oxygen atoms in total. The zero-order chi connectivity index (χ0) is 20.1. The minimum atomic E-state index is 0.0500. The van der Waals surface area contributed by atoms with Gasteiger partial charge in [-0.3, -0.25) is 0 Å². The third-order valence-corrected chi connectivity index (χ3v) is 5.59. The van der Waals surface area contributed by atoms with Gasteiger partial charge in [-0.05, 0) is 23.6 Å². The van der Waals surface area contributed by atoms with Gasteiger partial charge in [0.2, 0.25) is 0 Å². The number of aliphatic hydroxyl groups is 1. The fourth-order valence-corrected chi connectivity index (χ4v) is 3.87. The molecule has 5 heteroatoms. The van der Waals surface area contributed by atoms with Crippen molar-refractivity contribution in [3.8, 4) is 11.3 Å². The average Bonchev–Trinajstić information content (AvgIpc) is 2.79. The summed E-state index contributed by atoms with van der Waals surface area (Å²) in [6.45, 7) is 8.44. The molecule has 1 aliphatic heterocycles. The second-order valence-corrected chi connectivity index (χ2v) is 7.45. The third kappa shape index (κ3) is 4.58. The topological polar surface area (TPSA) is 48.8 Å². The zero-order valence-corrected chi connectivity index (χ0v) is 17.1.